The molecule has 0 amide bonds. The molecule has 0 aliphatic heterocycles. The summed E-state index contributed by atoms with van der Waals surface area (Å²) in [7, 11) is 0. The van der Waals surface area contributed by atoms with E-state index in [0.717, 1.165) is 13.2 Å². The van der Waals surface area contributed by atoms with Gasteiger partial charge in [0.1, 0.15) is 0 Å². The van der Waals surface area contributed by atoms with Gasteiger partial charge >= 0.3 is 0 Å². The van der Waals surface area contributed by atoms with Crippen LogP contribution in [0.25, 0.3) is 0 Å². The fourth-order valence-corrected chi connectivity index (χ4v) is 3.05. The van der Waals surface area contributed by atoms with Gasteiger partial charge in [-0.1, -0.05) is 31.4 Å². The van der Waals surface area contributed by atoms with Crippen LogP contribution in [0.1, 0.15) is 72.6 Å². The zero-order valence-electron chi connectivity index (χ0n) is 13.4. The van der Waals surface area contributed by atoms with E-state index in [1.54, 1.807) is 5.57 Å². The molecule has 0 aromatic heterocycles. The molecule has 2 heteroatoms. The minimum Gasteiger partial charge on any atom is -0.374 e. The van der Waals surface area contributed by atoms with Crippen molar-refractivity contribution in [3.8, 4) is 0 Å². The molecule has 0 heterocycles. The number of hydrogen-bond acceptors (Lipinski definition) is 2. The van der Waals surface area contributed by atoms with E-state index in [4.69, 9.17) is 4.74 Å². The highest BCUT2D eigenvalue weighted by molar-refractivity contribution is 5.17. The Balaban J connectivity index is 2.80. The van der Waals surface area contributed by atoms with Gasteiger partial charge in [-0.05, 0) is 59.4 Å². The molecular weight excluding hydrogens is 234 g/mol. The van der Waals surface area contributed by atoms with Crippen LogP contribution in [0, 0.1) is 0 Å². The van der Waals surface area contributed by atoms with Crippen LogP contribution in [0.2, 0.25) is 0 Å². The van der Waals surface area contributed by atoms with Gasteiger partial charge in [-0.2, -0.15) is 0 Å². The van der Waals surface area contributed by atoms with Crippen molar-refractivity contribution in [1.82, 2.24) is 5.32 Å². The normalized spacial score (nSPS) is 19.5. The van der Waals surface area contributed by atoms with E-state index in [9.17, 15) is 0 Å². The van der Waals surface area contributed by atoms with E-state index >= 15 is 0 Å². The first kappa shape index (κ1) is 16.7. The maximum Gasteiger partial charge on any atom is 0.0816 e. The van der Waals surface area contributed by atoms with Gasteiger partial charge in [0.2, 0.25) is 0 Å². The molecule has 19 heavy (non-hydrogen) atoms. The summed E-state index contributed by atoms with van der Waals surface area (Å²) in [5.41, 5.74) is 1.46. The average Bonchev–Trinajstić information content (AvgIpc) is 2.31. The largest absolute Gasteiger partial charge is 0.374 e. The highest BCUT2D eigenvalue weighted by Crippen LogP contribution is 2.27. The lowest BCUT2D eigenvalue weighted by molar-refractivity contribution is -0.0301. The average molecular weight is 267 g/mol. The van der Waals surface area contributed by atoms with Crippen molar-refractivity contribution in [2.75, 3.05) is 13.2 Å². The Morgan fingerprint density at radius 3 is 2.63 bits per heavy atom. The third-order valence-electron chi connectivity index (χ3n) is 4.01. The smallest absolute Gasteiger partial charge is 0.0816 e. The second-order valence-electron chi connectivity index (χ2n) is 6.16. The monoisotopic (exact) mass is 267 g/mol. The van der Waals surface area contributed by atoms with Crippen molar-refractivity contribution in [3.05, 3.63) is 11.6 Å². The summed E-state index contributed by atoms with van der Waals surface area (Å²) < 4.78 is 6.01. The van der Waals surface area contributed by atoms with Gasteiger partial charge < -0.3 is 10.1 Å². The molecular formula is C17H33NO. The lowest BCUT2D eigenvalue weighted by Gasteiger charge is -2.37. The number of ether oxygens (including phenoxy) is 1. The molecule has 0 saturated heterocycles. The van der Waals surface area contributed by atoms with Crippen LogP contribution in [0.15, 0.2) is 11.6 Å². The Morgan fingerprint density at radius 1 is 1.21 bits per heavy atom. The summed E-state index contributed by atoms with van der Waals surface area (Å²) in [5, 5.41) is 3.72. The topological polar surface area (TPSA) is 21.3 Å². The van der Waals surface area contributed by atoms with Crippen LogP contribution in [0.5, 0.6) is 0 Å². The summed E-state index contributed by atoms with van der Waals surface area (Å²) in [6.45, 7) is 10.6. The molecule has 0 aromatic carbocycles. The molecule has 1 atom stereocenters. The minimum absolute atomic E-state index is 0.116. The van der Waals surface area contributed by atoms with Gasteiger partial charge in [0.15, 0.2) is 0 Å². The number of rotatable bonds is 7. The van der Waals surface area contributed by atoms with Gasteiger partial charge in [0.05, 0.1) is 11.6 Å². The molecule has 0 fully saturated rings. The van der Waals surface area contributed by atoms with E-state index in [0.29, 0.717) is 6.04 Å². The summed E-state index contributed by atoms with van der Waals surface area (Å²) >= 11 is 0. The number of hydrogen-bond donors (Lipinski definition) is 1. The summed E-state index contributed by atoms with van der Waals surface area (Å²) in [5.74, 6) is 0. The SMILES string of the molecule is CCCNC(C1=CCCCCCC1)C(C)(C)OCC. The highest BCUT2D eigenvalue weighted by Gasteiger charge is 2.32. The van der Waals surface area contributed by atoms with Crippen molar-refractivity contribution in [1.29, 1.82) is 0 Å². The third-order valence-corrected chi connectivity index (χ3v) is 4.01. The second-order valence-corrected chi connectivity index (χ2v) is 6.16. The summed E-state index contributed by atoms with van der Waals surface area (Å²) in [6.07, 6.45) is 11.6. The fraction of sp³-hybridized carbons (Fsp3) is 0.882. The zero-order chi connectivity index (χ0) is 14.1. The van der Waals surface area contributed by atoms with Crippen molar-refractivity contribution >= 4 is 0 Å². The molecule has 0 radical (unpaired) electrons. The molecule has 1 rings (SSSR count). The molecule has 0 bridgehead atoms. The maximum absolute atomic E-state index is 6.01. The third kappa shape index (κ3) is 5.66. The van der Waals surface area contributed by atoms with E-state index in [-0.39, 0.29) is 5.60 Å². The lowest BCUT2D eigenvalue weighted by atomic mass is 9.86. The zero-order valence-corrected chi connectivity index (χ0v) is 13.4. The van der Waals surface area contributed by atoms with Gasteiger partial charge in [-0.3, -0.25) is 0 Å². The quantitative estimate of drug-likeness (QED) is 0.688. The Hall–Kier alpha value is -0.340. The first-order chi connectivity index (χ1) is 9.11. The molecule has 1 unspecified atom stereocenters. The van der Waals surface area contributed by atoms with Gasteiger partial charge in [0.25, 0.3) is 0 Å². The number of nitrogens with one attached hydrogen (secondary N) is 1. The van der Waals surface area contributed by atoms with Crippen LogP contribution in [0.4, 0.5) is 0 Å². The van der Waals surface area contributed by atoms with E-state index in [1.165, 1.54) is 44.9 Å². The Morgan fingerprint density at radius 2 is 1.95 bits per heavy atom. The molecule has 1 aliphatic rings. The maximum atomic E-state index is 6.01. The summed E-state index contributed by atoms with van der Waals surface area (Å²) in [6, 6.07) is 0.366. The van der Waals surface area contributed by atoms with Crippen LogP contribution in [0.3, 0.4) is 0 Å². The van der Waals surface area contributed by atoms with Gasteiger partial charge in [0, 0.05) is 6.61 Å². The van der Waals surface area contributed by atoms with Crippen LogP contribution in [-0.4, -0.2) is 24.8 Å². The molecule has 112 valence electrons. The standard InChI is InChI=1S/C17H33NO/c1-5-14-18-16(17(3,4)19-6-2)15-12-10-8-7-9-11-13-15/h12,16,18H,5-11,13-14H2,1-4H3. The van der Waals surface area contributed by atoms with Crippen LogP contribution in [-0.2, 0) is 4.74 Å². The molecule has 2 nitrogen and oxygen atoms in total. The molecule has 0 saturated carbocycles. The minimum atomic E-state index is -0.116. The first-order valence-electron chi connectivity index (χ1n) is 8.18. The fourth-order valence-electron chi connectivity index (χ4n) is 3.05. The molecule has 1 aliphatic carbocycles. The van der Waals surface area contributed by atoms with Crippen LogP contribution >= 0.6 is 0 Å². The predicted molar refractivity (Wildman–Crippen MR) is 83.6 cm³/mol. The van der Waals surface area contributed by atoms with Crippen molar-refractivity contribution in [3.63, 3.8) is 0 Å². The second kappa shape index (κ2) is 8.76. The first-order valence-corrected chi connectivity index (χ1v) is 8.18. The van der Waals surface area contributed by atoms with Crippen molar-refractivity contribution in [2.45, 2.75) is 84.3 Å². The van der Waals surface area contributed by atoms with Gasteiger partial charge in [-0.25, -0.2) is 0 Å². The van der Waals surface area contributed by atoms with E-state index in [2.05, 4.69) is 39.1 Å². The Kier molecular flexibility index (Phi) is 7.70. The number of allylic oxidation sites excluding steroid dienone is 1. The van der Waals surface area contributed by atoms with Gasteiger partial charge in [-0.15, -0.1) is 0 Å². The molecule has 0 aromatic rings. The van der Waals surface area contributed by atoms with Crippen molar-refractivity contribution in [2.24, 2.45) is 0 Å². The highest BCUT2D eigenvalue weighted by atomic mass is 16.5. The summed E-state index contributed by atoms with van der Waals surface area (Å²) in [4.78, 5) is 0. The van der Waals surface area contributed by atoms with E-state index in [1.807, 2.05) is 0 Å². The van der Waals surface area contributed by atoms with E-state index < -0.39 is 0 Å². The van der Waals surface area contributed by atoms with Crippen molar-refractivity contribution < 1.29 is 4.74 Å². The molecule has 0 spiro atoms. The van der Waals surface area contributed by atoms with Crippen LogP contribution < -0.4 is 5.32 Å². The Labute approximate surface area is 120 Å². The molecule has 1 N–H and O–H groups in total. The predicted octanol–water partition coefficient (Wildman–Crippen LogP) is 4.45. The Bertz CT molecular complexity index is 270. The lowest BCUT2D eigenvalue weighted by Crippen LogP contribution is -2.50.